The molecule has 5 nitrogen and oxygen atoms in total. The van der Waals surface area contributed by atoms with Crippen LogP contribution in [0.3, 0.4) is 0 Å². The van der Waals surface area contributed by atoms with Gasteiger partial charge in [-0.2, -0.15) is 10.2 Å². The molecule has 2 aromatic carbocycles. The van der Waals surface area contributed by atoms with Crippen molar-refractivity contribution in [3.05, 3.63) is 83.0 Å². The zero-order valence-electron chi connectivity index (χ0n) is 13.2. The van der Waals surface area contributed by atoms with E-state index in [9.17, 15) is 4.79 Å². The summed E-state index contributed by atoms with van der Waals surface area (Å²) in [5, 5.41) is 11.3. The van der Waals surface area contributed by atoms with Crippen molar-refractivity contribution in [2.75, 3.05) is 0 Å². The molecule has 1 amide bonds. The molecule has 0 saturated carbocycles. The van der Waals surface area contributed by atoms with Crippen LogP contribution in [-0.4, -0.2) is 22.3 Å². The third kappa shape index (κ3) is 4.43. The number of H-pyrrole nitrogens is 1. The van der Waals surface area contributed by atoms with Crippen LogP contribution < -0.4 is 5.43 Å². The summed E-state index contributed by atoms with van der Waals surface area (Å²) in [6, 6.07) is 18.7. The lowest BCUT2D eigenvalue weighted by atomic mass is 10.1. The van der Waals surface area contributed by atoms with Gasteiger partial charge in [0.25, 0.3) is 5.91 Å². The molecule has 6 heteroatoms. The van der Waals surface area contributed by atoms with Crippen LogP contribution in [0.5, 0.6) is 0 Å². The summed E-state index contributed by atoms with van der Waals surface area (Å²) in [6.07, 6.45) is 5.15. The van der Waals surface area contributed by atoms with Gasteiger partial charge in [-0.1, -0.05) is 66.2 Å². The number of aromatic amines is 1. The van der Waals surface area contributed by atoms with Crippen LogP contribution in [0, 0.1) is 0 Å². The quantitative estimate of drug-likeness (QED) is 0.536. The molecule has 1 aromatic heterocycles. The van der Waals surface area contributed by atoms with Crippen LogP contribution in [0.4, 0.5) is 0 Å². The largest absolute Gasteiger partial charge is 0.289 e. The van der Waals surface area contributed by atoms with Crippen LogP contribution in [0.1, 0.15) is 16.1 Å². The van der Waals surface area contributed by atoms with Gasteiger partial charge in [-0.15, -0.1) is 0 Å². The number of nitrogens with one attached hydrogen (secondary N) is 2. The normalized spacial score (nSPS) is 11.2. The Hall–Kier alpha value is -3.18. The lowest BCUT2D eigenvalue weighted by Gasteiger charge is -1.98. The highest BCUT2D eigenvalue weighted by atomic mass is 35.5. The number of rotatable bonds is 5. The fourth-order valence-electron chi connectivity index (χ4n) is 2.16. The van der Waals surface area contributed by atoms with Crippen molar-refractivity contribution < 1.29 is 4.79 Å². The minimum absolute atomic E-state index is 0.305. The minimum Gasteiger partial charge on any atom is -0.272 e. The summed E-state index contributed by atoms with van der Waals surface area (Å²) < 4.78 is 0. The second-order valence-corrected chi connectivity index (χ2v) is 5.54. The maximum absolute atomic E-state index is 12.1. The average Bonchev–Trinajstić information content (AvgIpc) is 3.12. The van der Waals surface area contributed by atoms with E-state index in [1.54, 1.807) is 18.2 Å². The lowest BCUT2D eigenvalue weighted by molar-refractivity contribution is 0.0950. The van der Waals surface area contributed by atoms with Crippen LogP contribution in [0.15, 0.2) is 71.8 Å². The molecule has 3 rings (SSSR count). The predicted octanol–water partition coefficient (Wildman–Crippen LogP) is 4.16. The highest BCUT2D eigenvalue weighted by Crippen LogP contribution is 2.26. The molecule has 0 radical (unpaired) electrons. The van der Waals surface area contributed by atoms with Crippen molar-refractivity contribution in [3.63, 3.8) is 0 Å². The predicted molar refractivity (Wildman–Crippen MR) is 100 cm³/mol. The van der Waals surface area contributed by atoms with Gasteiger partial charge in [0.2, 0.25) is 0 Å². The molecule has 0 spiro atoms. The fraction of sp³-hybridized carbons (Fsp3) is 0. The zero-order valence-corrected chi connectivity index (χ0v) is 13.9. The van der Waals surface area contributed by atoms with Gasteiger partial charge in [0.15, 0.2) is 0 Å². The Labute approximate surface area is 150 Å². The van der Waals surface area contributed by atoms with Crippen molar-refractivity contribution in [1.29, 1.82) is 0 Å². The molecular formula is C19H15ClN4O. The van der Waals surface area contributed by atoms with E-state index in [0.29, 0.717) is 16.4 Å². The average molecular weight is 351 g/mol. The highest BCUT2D eigenvalue weighted by molar-refractivity contribution is 6.33. The van der Waals surface area contributed by atoms with E-state index < -0.39 is 0 Å². The standard InChI is InChI=1S/C19H15ClN4O/c20-16-11-5-4-10-15(16)17-13-18(23-22-17)19(25)24-21-12-6-9-14-7-2-1-3-8-14/h1-13H,(H,22,23)(H,24,25)/b9-6+,21-12-. The Bertz CT molecular complexity index is 916. The molecule has 1 heterocycles. The highest BCUT2D eigenvalue weighted by Gasteiger charge is 2.11. The first kappa shape index (κ1) is 16.7. The van der Waals surface area contributed by atoms with Crippen molar-refractivity contribution in [2.45, 2.75) is 0 Å². The fourth-order valence-corrected chi connectivity index (χ4v) is 2.39. The van der Waals surface area contributed by atoms with Crippen molar-refractivity contribution >= 4 is 29.8 Å². The second-order valence-electron chi connectivity index (χ2n) is 5.14. The molecule has 0 aliphatic heterocycles. The molecule has 0 fully saturated rings. The summed E-state index contributed by atoms with van der Waals surface area (Å²) in [7, 11) is 0. The van der Waals surface area contributed by atoms with Gasteiger partial charge in [-0.3, -0.25) is 9.89 Å². The first-order valence-corrected chi connectivity index (χ1v) is 7.97. The maximum Gasteiger partial charge on any atom is 0.289 e. The van der Waals surface area contributed by atoms with Crippen LogP contribution in [-0.2, 0) is 0 Å². The Morgan fingerprint density at radius 2 is 1.88 bits per heavy atom. The Morgan fingerprint density at radius 3 is 2.68 bits per heavy atom. The number of aromatic nitrogens is 2. The van der Waals surface area contributed by atoms with Gasteiger partial charge in [-0.25, -0.2) is 5.43 Å². The van der Waals surface area contributed by atoms with E-state index >= 15 is 0 Å². The molecule has 0 atom stereocenters. The number of benzene rings is 2. The zero-order chi connectivity index (χ0) is 17.5. The molecule has 0 bridgehead atoms. The van der Waals surface area contributed by atoms with Gasteiger partial charge in [0.05, 0.1) is 10.7 Å². The number of amides is 1. The molecule has 0 aliphatic rings. The maximum atomic E-state index is 12.1. The molecule has 0 unspecified atom stereocenters. The number of carbonyl (C=O) groups excluding carboxylic acids is 1. The number of hydrogen-bond donors (Lipinski definition) is 2. The van der Waals surface area contributed by atoms with Crippen molar-refractivity contribution in [1.82, 2.24) is 15.6 Å². The van der Waals surface area contributed by atoms with E-state index in [1.165, 1.54) is 6.21 Å². The Kier molecular flexibility index (Phi) is 5.39. The number of carbonyl (C=O) groups is 1. The number of halogens is 1. The summed E-state index contributed by atoms with van der Waals surface area (Å²) in [6.45, 7) is 0. The van der Waals surface area contributed by atoms with Gasteiger partial charge in [-0.05, 0) is 23.8 Å². The monoisotopic (exact) mass is 350 g/mol. The SMILES string of the molecule is O=C(N/N=C\C=C\c1ccccc1)c1cc(-c2ccccc2Cl)n[nH]1. The van der Waals surface area contributed by atoms with Crippen molar-refractivity contribution in [2.24, 2.45) is 5.10 Å². The Morgan fingerprint density at radius 1 is 1.12 bits per heavy atom. The lowest BCUT2D eigenvalue weighted by Crippen LogP contribution is -2.17. The molecule has 2 N–H and O–H groups in total. The van der Waals surface area contributed by atoms with E-state index in [-0.39, 0.29) is 5.91 Å². The topological polar surface area (TPSA) is 70.1 Å². The number of hydrogen-bond acceptors (Lipinski definition) is 3. The van der Waals surface area contributed by atoms with E-state index in [4.69, 9.17) is 11.6 Å². The summed E-state index contributed by atoms with van der Waals surface area (Å²) >= 11 is 6.13. The molecule has 25 heavy (non-hydrogen) atoms. The van der Waals surface area contributed by atoms with Gasteiger partial charge in [0, 0.05) is 11.8 Å². The van der Waals surface area contributed by atoms with Crippen LogP contribution in [0.2, 0.25) is 5.02 Å². The van der Waals surface area contributed by atoms with Gasteiger partial charge < -0.3 is 0 Å². The Balaban J connectivity index is 1.60. The summed E-state index contributed by atoms with van der Waals surface area (Å²) in [5.74, 6) is -0.379. The molecule has 0 saturated heterocycles. The molecular weight excluding hydrogens is 336 g/mol. The van der Waals surface area contributed by atoms with Gasteiger partial charge >= 0.3 is 0 Å². The number of allylic oxidation sites excluding steroid dienone is 1. The van der Waals surface area contributed by atoms with Crippen molar-refractivity contribution in [3.8, 4) is 11.3 Å². The van der Waals surface area contributed by atoms with E-state index in [1.807, 2.05) is 54.6 Å². The third-order valence-corrected chi connectivity index (χ3v) is 3.72. The first-order valence-electron chi connectivity index (χ1n) is 7.59. The molecule has 0 aliphatic carbocycles. The molecule has 3 aromatic rings. The second kappa shape index (κ2) is 8.08. The van der Waals surface area contributed by atoms with Crippen LogP contribution >= 0.6 is 11.6 Å². The third-order valence-electron chi connectivity index (χ3n) is 3.39. The number of hydrazone groups is 1. The smallest absolute Gasteiger partial charge is 0.272 e. The van der Waals surface area contributed by atoms with E-state index in [2.05, 4.69) is 20.7 Å². The molecule has 124 valence electrons. The van der Waals surface area contributed by atoms with E-state index in [0.717, 1.165) is 11.1 Å². The van der Waals surface area contributed by atoms with Gasteiger partial charge in [0.1, 0.15) is 5.69 Å². The number of nitrogens with zero attached hydrogens (tertiary/aromatic N) is 2. The summed E-state index contributed by atoms with van der Waals surface area (Å²) in [4.78, 5) is 12.1. The minimum atomic E-state index is -0.379. The van der Waals surface area contributed by atoms with Crippen LogP contribution in [0.25, 0.3) is 17.3 Å². The first-order chi connectivity index (χ1) is 12.2. The summed E-state index contributed by atoms with van der Waals surface area (Å²) in [5.41, 5.74) is 5.16.